The molecule has 132 valence electrons. The first kappa shape index (κ1) is 17.8. The highest BCUT2D eigenvalue weighted by Gasteiger charge is 2.30. The van der Waals surface area contributed by atoms with Crippen LogP contribution in [0.2, 0.25) is 5.02 Å². The molecule has 6 nitrogen and oxygen atoms in total. The summed E-state index contributed by atoms with van der Waals surface area (Å²) in [5.41, 5.74) is 2.71. The van der Waals surface area contributed by atoms with E-state index in [1.807, 2.05) is 31.2 Å². The third-order valence-corrected chi connectivity index (χ3v) is 5.35. The van der Waals surface area contributed by atoms with Gasteiger partial charge >= 0.3 is 5.97 Å². The van der Waals surface area contributed by atoms with Gasteiger partial charge in [0.15, 0.2) is 0 Å². The molecule has 25 heavy (non-hydrogen) atoms. The van der Waals surface area contributed by atoms with E-state index in [0.29, 0.717) is 23.2 Å². The number of thioether (sulfide) groups is 1. The Balaban J connectivity index is 2.03. The van der Waals surface area contributed by atoms with Crippen LogP contribution >= 0.6 is 23.4 Å². The zero-order valence-corrected chi connectivity index (χ0v) is 15.5. The molecule has 1 amide bonds. The smallest absolute Gasteiger partial charge is 0.327 e. The number of nitrogens with one attached hydrogen (secondary N) is 1. The van der Waals surface area contributed by atoms with Crippen LogP contribution in [0.3, 0.4) is 0 Å². The van der Waals surface area contributed by atoms with E-state index in [0.717, 1.165) is 16.8 Å². The van der Waals surface area contributed by atoms with Crippen LogP contribution < -0.4 is 5.32 Å². The molecule has 2 aromatic rings. The lowest BCUT2D eigenvalue weighted by atomic mass is 10.0. The number of carbonyl (C=O) groups is 2. The molecule has 0 saturated heterocycles. The number of benzene rings is 1. The summed E-state index contributed by atoms with van der Waals surface area (Å²) in [6.07, 6.45) is 0. The van der Waals surface area contributed by atoms with Gasteiger partial charge in [-0.3, -0.25) is 9.59 Å². The normalized spacial score (nSPS) is 16.8. The Morgan fingerprint density at radius 1 is 1.44 bits per heavy atom. The number of carbonyl (C=O) groups excluding carboxylic acids is 2. The third-order valence-electron chi connectivity index (χ3n) is 3.83. The Bertz CT molecular complexity index is 804. The fourth-order valence-electron chi connectivity index (χ4n) is 2.80. The maximum atomic E-state index is 12.1. The molecule has 2 heterocycles. The minimum Gasteiger partial charge on any atom is -0.465 e. The van der Waals surface area contributed by atoms with E-state index in [1.165, 1.54) is 16.4 Å². The third kappa shape index (κ3) is 3.82. The van der Waals surface area contributed by atoms with Crippen LogP contribution in [0.4, 0.5) is 5.82 Å². The van der Waals surface area contributed by atoms with E-state index in [-0.39, 0.29) is 23.7 Å². The molecule has 0 spiro atoms. The minimum absolute atomic E-state index is 0.0394. The van der Waals surface area contributed by atoms with Gasteiger partial charge in [-0.2, -0.15) is 5.10 Å². The minimum atomic E-state index is -0.387. The van der Waals surface area contributed by atoms with Gasteiger partial charge in [-0.25, -0.2) is 4.68 Å². The van der Waals surface area contributed by atoms with Crippen molar-refractivity contribution in [1.29, 1.82) is 0 Å². The number of aromatic nitrogens is 2. The molecule has 1 aromatic carbocycles. The lowest BCUT2D eigenvalue weighted by Gasteiger charge is -2.15. The van der Waals surface area contributed by atoms with E-state index < -0.39 is 0 Å². The molecule has 1 N–H and O–H groups in total. The lowest BCUT2D eigenvalue weighted by molar-refractivity contribution is -0.144. The summed E-state index contributed by atoms with van der Waals surface area (Å²) >= 11 is 7.51. The van der Waals surface area contributed by atoms with E-state index in [1.54, 1.807) is 6.92 Å². The van der Waals surface area contributed by atoms with Crippen molar-refractivity contribution in [3.63, 3.8) is 0 Å². The average Bonchev–Trinajstić information content (AvgIpc) is 2.75. The molecular formula is C17H18ClN3O3S. The topological polar surface area (TPSA) is 73.2 Å². The Labute approximate surface area is 154 Å². The van der Waals surface area contributed by atoms with E-state index in [2.05, 4.69) is 10.4 Å². The molecule has 0 fully saturated rings. The highest BCUT2D eigenvalue weighted by Crippen LogP contribution is 2.43. The zero-order valence-electron chi connectivity index (χ0n) is 13.9. The molecule has 0 radical (unpaired) electrons. The number of halogens is 1. The van der Waals surface area contributed by atoms with Crippen LogP contribution in [0.15, 0.2) is 24.3 Å². The second kappa shape index (κ2) is 7.49. The first-order valence-corrected chi connectivity index (χ1v) is 9.32. The molecule has 1 aliphatic heterocycles. The van der Waals surface area contributed by atoms with E-state index in [4.69, 9.17) is 16.3 Å². The van der Waals surface area contributed by atoms with Gasteiger partial charge in [-0.1, -0.05) is 23.7 Å². The van der Waals surface area contributed by atoms with Crippen molar-refractivity contribution in [1.82, 2.24) is 9.78 Å². The molecule has 1 aromatic heterocycles. The first-order valence-electron chi connectivity index (χ1n) is 7.89. The molecule has 0 bridgehead atoms. The Morgan fingerprint density at radius 2 is 2.16 bits per heavy atom. The molecular weight excluding hydrogens is 362 g/mol. The van der Waals surface area contributed by atoms with Crippen molar-refractivity contribution in [3.8, 4) is 0 Å². The molecule has 0 unspecified atom stereocenters. The number of amides is 1. The van der Waals surface area contributed by atoms with Gasteiger partial charge in [-0.05, 0) is 31.5 Å². The van der Waals surface area contributed by atoms with Crippen LogP contribution in [0, 0.1) is 6.92 Å². The Kier molecular flexibility index (Phi) is 5.34. The summed E-state index contributed by atoms with van der Waals surface area (Å²) in [5, 5.41) is 7.91. The number of ether oxygens (including phenoxy) is 1. The summed E-state index contributed by atoms with van der Waals surface area (Å²) in [6.45, 7) is 3.89. The summed E-state index contributed by atoms with van der Waals surface area (Å²) in [7, 11) is 0. The molecule has 1 atom stereocenters. The van der Waals surface area contributed by atoms with Crippen LogP contribution in [0.5, 0.6) is 0 Å². The van der Waals surface area contributed by atoms with Crippen molar-refractivity contribution in [2.24, 2.45) is 0 Å². The fourth-order valence-corrected chi connectivity index (χ4v) is 4.11. The first-order chi connectivity index (χ1) is 12.0. The number of nitrogens with zero attached hydrogens (tertiary/aromatic N) is 2. The summed E-state index contributed by atoms with van der Waals surface area (Å²) < 4.78 is 6.51. The van der Waals surface area contributed by atoms with Crippen molar-refractivity contribution in [3.05, 3.63) is 46.1 Å². The van der Waals surface area contributed by atoms with Crippen molar-refractivity contribution in [2.45, 2.75) is 25.6 Å². The van der Waals surface area contributed by atoms with Gasteiger partial charge in [0.25, 0.3) is 0 Å². The van der Waals surface area contributed by atoms with Gasteiger partial charge < -0.3 is 10.1 Å². The molecule has 8 heteroatoms. The number of anilines is 1. The number of esters is 1. The fraction of sp³-hybridized carbons (Fsp3) is 0.353. The second-order valence-corrected chi connectivity index (χ2v) is 7.13. The van der Waals surface area contributed by atoms with Gasteiger partial charge in [0.05, 0.1) is 23.3 Å². The van der Waals surface area contributed by atoms with Crippen molar-refractivity contribution in [2.75, 3.05) is 17.7 Å². The van der Waals surface area contributed by atoms with Crippen LogP contribution in [-0.2, 0) is 20.9 Å². The predicted octanol–water partition coefficient (Wildman–Crippen LogP) is 3.18. The van der Waals surface area contributed by atoms with Crippen molar-refractivity contribution >= 4 is 41.1 Å². The van der Waals surface area contributed by atoms with Crippen LogP contribution in [0.25, 0.3) is 0 Å². The summed E-state index contributed by atoms with van der Waals surface area (Å²) in [4.78, 5) is 24.0. The summed E-state index contributed by atoms with van der Waals surface area (Å²) in [6, 6.07) is 7.55. The van der Waals surface area contributed by atoms with E-state index in [9.17, 15) is 9.59 Å². The second-order valence-electron chi connectivity index (χ2n) is 5.60. The van der Waals surface area contributed by atoms with Crippen LogP contribution in [0.1, 0.15) is 29.0 Å². The van der Waals surface area contributed by atoms with E-state index >= 15 is 0 Å². The molecule has 0 aliphatic carbocycles. The van der Waals surface area contributed by atoms with Gasteiger partial charge in [0.1, 0.15) is 12.4 Å². The highest BCUT2D eigenvalue weighted by atomic mass is 35.5. The number of fused-ring (bicyclic) bond motifs is 1. The van der Waals surface area contributed by atoms with Crippen molar-refractivity contribution < 1.29 is 14.3 Å². The quantitative estimate of drug-likeness (QED) is 0.826. The Hall–Kier alpha value is -1.99. The number of aryl methyl sites for hydroxylation is 1. The zero-order chi connectivity index (χ0) is 18.0. The molecule has 1 aliphatic rings. The number of hydrogen-bond donors (Lipinski definition) is 1. The molecule has 0 saturated carbocycles. The summed E-state index contributed by atoms with van der Waals surface area (Å²) in [5.74, 6) is 0.371. The van der Waals surface area contributed by atoms with Crippen LogP contribution in [-0.4, -0.2) is 34.0 Å². The van der Waals surface area contributed by atoms with Gasteiger partial charge in [-0.15, -0.1) is 11.8 Å². The number of hydrogen-bond acceptors (Lipinski definition) is 5. The molecule has 3 rings (SSSR count). The predicted molar refractivity (Wildman–Crippen MR) is 98.0 cm³/mol. The van der Waals surface area contributed by atoms with Gasteiger partial charge in [0, 0.05) is 10.6 Å². The number of rotatable bonds is 4. The largest absolute Gasteiger partial charge is 0.465 e. The maximum absolute atomic E-state index is 12.1. The monoisotopic (exact) mass is 379 g/mol. The van der Waals surface area contributed by atoms with Gasteiger partial charge in [0.2, 0.25) is 5.91 Å². The lowest BCUT2D eigenvalue weighted by Crippen LogP contribution is -2.20. The SMILES string of the molecule is CCOC(=O)Cn1nc(C)c2c1NC(=O)CS[C@H]2c1ccc(Cl)cc1. The maximum Gasteiger partial charge on any atom is 0.327 e. The Morgan fingerprint density at radius 3 is 2.84 bits per heavy atom. The highest BCUT2D eigenvalue weighted by molar-refractivity contribution is 8.00. The standard InChI is InChI=1S/C17H18ClN3O3S/c1-3-24-14(23)8-21-17-15(10(2)20-21)16(25-9-13(22)19-17)11-4-6-12(18)7-5-11/h4-7,16H,3,8-9H2,1-2H3,(H,19,22)/t16-/m0/s1. The average molecular weight is 380 g/mol.